The predicted molar refractivity (Wildman–Crippen MR) is 94.6 cm³/mol. The summed E-state index contributed by atoms with van der Waals surface area (Å²) in [5.74, 6) is 3.08. The number of rotatable bonds is 6. The van der Waals surface area contributed by atoms with Crippen LogP contribution in [0.4, 0.5) is 0 Å². The first-order chi connectivity index (χ1) is 11.2. The summed E-state index contributed by atoms with van der Waals surface area (Å²) in [5.41, 5.74) is 1.07. The van der Waals surface area contributed by atoms with Crippen LogP contribution in [0, 0.1) is 5.92 Å². The highest BCUT2D eigenvalue weighted by molar-refractivity contribution is 5.79. The highest BCUT2D eigenvalue weighted by Crippen LogP contribution is 2.24. The highest BCUT2D eigenvalue weighted by atomic mass is 16.5. The molecule has 0 bridgehead atoms. The van der Waals surface area contributed by atoms with Crippen molar-refractivity contribution in [1.82, 2.24) is 15.8 Å². The van der Waals surface area contributed by atoms with E-state index in [9.17, 15) is 0 Å². The van der Waals surface area contributed by atoms with Crippen molar-refractivity contribution >= 4 is 5.96 Å². The third-order valence-corrected chi connectivity index (χ3v) is 4.99. The summed E-state index contributed by atoms with van der Waals surface area (Å²) < 4.78 is 5.45. The largest absolute Gasteiger partial charge is 0.359 e. The number of hydrogen-bond donors (Lipinski definition) is 2. The number of aliphatic imine (C=N–C) groups is 1. The lowest BCUT2D eigenvalue weighted by atomic mass is 9.87. The minimum absolute atomic E-state index is 0.495. The molecule has 0 radical (unpaired) electrons. The molecule has 5 heteroatoms. The Bertz CT molecular complexity index is 485. The van der Waals surface area contributed by atoms with Crippen LogP contribution >= 0.6 is 0 Å². The SMILES string of the molecule is CCC(CC)c1cc(CNC(=NC)NC2CCC(C)CC2)on1. The Morgan fingerprint density at radius 1 is 1.30 bits per heavy atom. The average Bonchev–Trinajstić information content (AvgIpc) is 3.03. The molecule has 1 heterocycles. The van der Waals surface area contributed by atoms with Crippen LogP contribution in [0.5, 0.6) is 0 Å². The first-order valence-electron chi connectivity index (χ1n) is 9.08. The molecule has 0 spiro atoms. The van der Waals surface area contributed by atoms with Crippen LogP contribution in [0.2, 0.25) is 0 Å². The Morgan fingerprint density at radius 2 is 2.00 bits per heavy atom. The Labute approximate surface area is 140 Å². The lowest BCUT2D eigenvalue weighted by Crippen LogP contribution is -2.44. The molecule has 0 saturated heterocycles. The zero-order valence-corrected chi connectivity index (χ0v) is 15.1. The maximum atomic E-state index is 5.45. The van der Waals surface area contributed by atoms with Gasteiger partial charge in [-0.05, 0) is 44.4 Å². The Balaban J connectivity index is 1.81. The van der Waals surface area contributed by atoms with Gasteiger partial charge in [0.1, 0.15) is 0 Å². The maximum Gasteiger partial charge on any atom is 0.191 e. The predicted octanol–water partition coefficient (Wildman–Crippen LogP) is 3.82. The molecule has 130 valence electrons. The monoisotopic (exact) mass is 320 g/mol. The topological polar surface area (TPSA) is 62.5 Å². The number of nitrogens with zero attached hydrogens (tertiary/aromatic N) is 2. The van der Waals surface area contributed by atoms with Gasteiger partial charge in [0.05, 0.1) is 12.2 Å². The van der Waals surface area contributed by atoms with Crippen molar-refractivity contribution in [3.63, 3.8) is 0 Å². The first-order valence-corrected chi connectivity index (χ1v) is 9.08. The van der Waals surface area contributed by atoms with Crippen LogP contribution in [0.1, 0.15) is 76.7 Å². The Kier molecular flexibility index (Phi) is 6.93. The van der Waals surface area contributed by atoms with E-state index in [1.54, 1.807) is 0 Å². The van der Waals surface area contributed by atoms with Crippen molar-refractivity contribution < 1.29 is 4.52 Å². The molecule has 0 atom stereocenters. The van der Waals surface area contributed by atoms with Crippen LogP contribution in [-0.4, -0.2) is 24.2 Å². The lowest BCUT2D eigenvalue weighted by molar-refractivity contribution is 0.328. The first kappa shape index (κ1) is 17.8. The second kappa shape index (κ2) is 8.94. The number of hydrogen-bond acceptors (Lipinski definition) is 3. The standard InChI is InChI=1S/C18H32N4O/c1-5-14(6-2)17-11-16(23-22-17)12-20-18(19-4)21-15-9-7-13(3)8-10-15/h11,13-15H,5-10,12H2,1-4H3,(H2,19,20,21). The van der Waals surface area contributed by atoms with E-state index in [-0.39, 0.29) is 0 Å². The summed E-state index contributed by atoms with van der Waals surface area (Å²) in [5, 5.41) is 11.1. The lowest BCUT2D eigenvalue weighted by Gasteiger charge is -2.28. The van der Waals surface area contributed by atoms with Crippen LogP contribution in [0.25, 0.3) is 0 Å². The third kappa shape index (κ3) is 5.26. The normalized spacial score (nSPS) is 22.4. The van der Waals surface area contributed by atoms with Crippen molar-refractivity contribution in [2.45, 2.75) is 77.8 Å². The van der Waals surface area contributed by atoms with Gasteiger partial charge in [-0.2, -0.15) is 0 Å². The van der Waals surface area contributed by atoms with E-state index in [1.807, 2.05) is 7.05 Å². The van der Waals surface area contributed by atoms with Gasteiger partial charge in [-0.15, -0.1) is 0 Å². The van der Waals surface area contributed by atoms with Gasteiger partial charge in [0.2, 0.25) is 0 Å². The van der Waals surface area contributed by atoms with E-state index in [4.69, 9.17) is 4.52 Å². The average molecular weight is 320 g/mol. The molecule has 1 aromatic rings. The fourth-order valence-electron chi connectivity index (χ4n) is 3.27. The molecule has 0 unspecified atom stereocenters. The van der Waals surface area contributed by atoms with Crippen molar-refractivity contribution in [2.75, 3.05) is 7.05 Å². The Hall–Kier alpha value is -1.52. The number of nitrogens with one attached hydrogen (secondary N) is 2. The molecule has 1 fully saturated rings. The van der Waals surface area contributed by atoms with Gasteiger partial charge in [0.25, 0.3) is 0 Å². The minimum atomic E-state index is 0.495. The summed E-state index contributed by atoms with van der Waals surface area (Å²) >= 11 is 0. The summed E-state index contributed by atoms with van der Waals surface area (Å²) in [6, 6.07) is 2.60. The second-order valence-electron chi connectivity index (χ2n) is 6.76. The fourth-order valence-corrected chi connectivity index (χ4v) is 3.27. The summed E-state index contributed by atoms with van der Waals surface area (Å²) in [6.45, 7) is 7.34. The fraction of sp³-hybridized carbons (Fsp3) is 0.778. The van der Waals surface area contributed by atoms with Gasteiger partial charge in [0.15, 0.2) is 11.7 Å². The van der Waals surface area contributed by atoms with Gasteiger partial charge in [-0.25, -0.2) is 0 Å². The van der Waals surface area contributed by atoms with Crippen molar-refractivity contribution in [1.29, 1.82) is 0 Å². The van der Waals surface area contributed by atoms with Gasteiger partial charge >= 0.3 is 0 Å². The molecule has 23 heavy (non-hydrogen) atoms. The zero-order valence-electron chi connectivity index (χ0n) is 15.1. The molecular formula is C18H32N4O. The molecular weight excluding hydrogens is 288 g/mol. The van der Waals surface area contributed by atoms with Crippen LogP contribution in [0.3, 0.4) is 0 Å². The molecule has 1 aliphatic carbocycles. The van der Waals surface area contributed by atoms with E-state index < -0.39 is 0 Å². The summed E-state index contributed by atoms with van der Waals surface area (Å²) in [7, 11) is 1.82. The highest BCUT2D eigenvalue weighted by Gasteiger charge is 2.19. The van der Waals surface area contributed by atoms with Crippen molar-refractivity contribution in [3.8, 4) is 0 Å². The van der Waals surface area contributed by atoms with E-state index in [2.05, 4.69) is 47.6 Å². The van der Waals surface area contributed by atoms with Crippen LogP contribution in [0.15, 0.2) is 15.6 Å². The molecule has 0 aromatic carbocycles. The van der Waals surface area contributed by atoms with E-state index in [0.717, 1.165) is 36.2 Å². The van der Waals surface area contributed by atoms with Gasteiger partial charge < -0.3 is 15.2 Å². The van der Waals surface area contributed by atoms with Crippen molar-refractivity contribution in [3.05, 3.63) is 17.5 Å². The summed E-state index contributed by atoms with van der Waals surface area (Å²) in [4.78, 5) is 4.32. The van der Waals surface area contributed by atoms with Crippen LogP contribution in [-0.2, 0) is 6.54 Å². The van der Waals surface area contributed by atoms with E-state index in [1.165, 1.54) is 25.7 Å². The van der Waals surface area contributed by atoms with Gasteiger partial charge in [0, 0.05) is 25.1 Å². The third-order valence-electron chi connectivity index (χ3n) is 4.99. The molecule has 2 rings (SSSR count). The summed E-state index contributed by atoms with van der Waals surface area (Å²) in [6.07, 6.45) is 7.25. The molecule has 2 N–H and O–H groups in total. The van der Waals surface area contributed by atoms with Gasteiger partial charge in [-0.1, -0.05) is 25.9 Å². The van der Waals surface area contributed by atoms with Gasteiger partial charge in [-0.3, -0.25) is 4.99 Å². The second-order valence-corrected chi connectivity index (χ2v) is 6.76. The minimum Gasteiger partial charge on any atom is -0.359 e. The molecule has 1 aromatic heterocycles. The van der Waals surface area contributed by atoms with E-state index in [0.29, 0.717) is 18.5 Å². The molecule has 5 nitrogen and oxygen atoms in total. The molecule has 1 saturated carbocycles. The molecule has 0 aliphatic heterocycles. The quantitative estimate of drug-likeness (QED) is 0.618. The van der Waals surface area contributed by atoms with Crippen molar-refractivity contribution in [2.24, 2.45) is 10.9 Å². The van der Waals surface area contributed by atoms with E-state index >= 15 is 0 Å². The molecule has 1 aliphatic rings. The number of aromatic nitrogens is 1. The maximum absolute atomic E-state index is 5.45. The smallest absolute Gasteiger partial charge is 0.191 e. The van der Waals surface area contributed by atoms with Crippen LogP contribution < -0.4 is 10.6 Å². The molecule has 0 amide bonds. The zero-order chi connectivity index (χ0) is 16.7. The number of guanidine groups is 1. The Morgan fingerprint density at radius 3 is 2.61 bits per heavy atom.